The van der Waals surface area contributed by atoms with Gasteiger partial charge < -0.3 is 20.6 Å². The van der Waals surface area contributed by atoms with Crippen LogP contribution in [0.2, 0.25) is 0 Å². The van der Waals surface area contributed by atoms with E-state index in [0.717, 1.165) is 31.2 Å². The number of rotatable bonds is 7. The van der Waals surface area contributed by atoms with E-state index in [1.165, 1.54) is 13.0 Å². The largest absolute Gasteiger partial charge is 0.396 e. The highest BCUT2D eigenvalue weighted by Gasteiger charge is 2.19. The van der Waals surface area contributed by atoms with Crippen molar-refractivity contribution in [2.45, 2.75) is 19.3 Å². The zero-order chi connectivity index (χ0) is 16.5. The second-order valence-electron chi connectivity index (χ2n) is 6.31. The monoisotopic (exact) mass is 446 g/mol. The lowest BCUT2D eigenvalue weighted by atomic mass is 10.0. The second kappa shape index (κ2) is 11.7. The summed E-state index contributed by atoms with van der Waals surface area (Å²) in [6.45, 7) is 6.88. The summed E-state index contributed by atoms with van der Waals surface area (Å²) in [7, 11) is 2.17. The minimum atomic E-state index is 0. The highest BCUT2D eigenvalue weighted by Crippen LogP contribution is 2.15. The molecule has 1 aliphatic heterocycles. The Labute approximate surface area is 162 Å². The van der Waals surface area contributed by atoms with Crippen LogP contribution >= 0.6 is 24.0 Å². The van der Waals surface area contributed by atoms with Gasteiger partial charge in [-0.3, -0.25) is 4.99 Å². The molecule has 0 bridgehead atoms. The third-order valence-electron chi connectivity index (χ3n) is 4.35. The van der Waals surface area contributed by atoms with Gasteiger partial charge in [0.1, 0.15) is 0 Å². The highest BCUT2D eigenvalue weighted by molar-refractivity contribution is 14.0. The van der Waals surface area contributed by atoms with Gasteiger partial charge in [-0.2, -0.15) is 0 Å². The van der Waals surface area contributed by atoms with Gasteiger partial charge in [-0.15, -0.1) is 24.0 Å². The van der Waals surface area contributed by atoms with Gasteiger partial charge in [-0.25, -0.2) is 0 Å². The van der Waals surface area contributed by atoms with E-state index in [4.69, 9.17) is 0 Å². The molecule has 3 N–H and O–H groups in total. The SMILES string of the molecule is CCNC(=NCC(CO)c1ccccc1)NCC1CCN(C)C1.I. The van der Waals surface area contributed by atoms with Gasteiger partial charge in [0.15, 0.2) is 5.96 Å². The summed E-state index contributed by atoms with van der Waals surface area (Å²) in [5, 5.41) is 16.4. The van der Waals surface area contributed by atoms with Crippen LogP contribution in [-0.4, -0.2) is 62.3 Å². The molecule has 2 atom stereocenters. The second-order valence-corrected chi connectivity index (χ2v) is 6.31. The zero-order valence-corrected chi connectivity index (χ0v) is 17.1. The maximum atomic E-state index is 9.64. The Hall–Kier alpha value is -0.860. The number of halogens is 1. The molecule has 2 rings (SSSR count). The van der Waals surface area contributed by atoms with Crippen molar-refractivity contribution in [2.75, 3.05) is 46.4 Å². The Balaban J connectivity index is 0.00000288. The number of guanidine groups is 1. The van der Waals surface area contributed by atoms with Crippen LogP contribution in [-0.2, 0) is 0 Å². The van der Waals surface area contributed by atoms with Crippen molar-refractivity contribution in [1.82, 2.24) is 15.5 Å². The Morgan fingerprint density at radius 1 is 1.33 bits per heavy atom. The fraction of sp³-hybridized carbons (Fsp3) is 0.611. The van der Waals surface area contributed by atoms with Gasteiger partial charge in [0.2, 0.25) is 0 Å². The normalized spacial score (nSPS) is 19.6. The molecule has 1 saturated heterocycles. The summed E-state index contributed by atoms with van der Waals surface area (Å²) in [4.78, 5) is 7.03. The maximum absolute atomic E-state index is 9.64. The van der Waals surface area contributed by atoms with Crippen molar-refractivity contribution in [3.63, 3.8) is 0 Å². The van der Waals surface area contributed by atoms with Crippen LogP contribution in [0.25, 0.3) is 0 Å². The number of benzene rings is 1. The lowest BCUT2D eigenvalue weighted by Crippen LogP contribution is -2.40. The van der Waals surface area contributed by atoms with Crippen molar-refractivity contribution < 1.29 is 5.11 Å². The first-order valence-electron chi connectivity index (χ1n) is 8.59. The topological polar surface area (TPSA) is 59.9 Å². The van der Waals surface area contributed by atoms with Crippen molar-refractivity contribution in [2.24, 2.45) is 10.9 Å². The van der Waals surface area contributed by atoms with E-state index >= 15 is 0 Å². The van der Waals surface area contributed by atoms with Crippen LogP contribution < -0.4 is 10.6 Å². The summed E-state index contributed by atoms with van der Waals surface area (Å²) in [5.41, 5.74) is 1.13. The fourth-order valence-corrected chi connectivity index (χ4v) is 2.97. The molecule has 1 aliphatic rings. The number of aliphatic hydroxyl groups is 1. The smallest absolute Gasteiger partial charge is 0.191 e. The molecule has 1 aromatic rings. The van der Waals surface area contributed by atoms with E-state index in [-0.39, 0.29) is 36.5 Å². The van der Waals surface area contributed by atoms with Crippen molar-refractivity contribution in [3.8, 4) is 0 Å². The minimum absolute atomic E-state index is 0. The lowest BCUT2D eigenvalue weighted by Gasteiger charge is -2.17. The predicted molar refractivity (Wildman–Crippen MR) is 111 cm³/mol. The molecular weight excluding hydrogens is 415 g/mol. The molecule has 136 valence electrons. The van der Waals surface area contributed by atoms with E-state index in [9.17, 15) is 5.11 Å². The molecule has 0 aromatic heterocycles. The first kappa shape index (κ1) is 21.2. The summed E-state index contributed by atoms with van der Waals surface area (Å²) >= 11 is 0. The van der Waals surface area contributed by atoms with Gasteiger partial charge >= 0.3 is 0 Å². The van der Waals surface area contributed by atoms with E-state index in [1.807, 2.05) is 30.3 Å². The number of nitrogens with zero attached hydrogens (tertiary/aromatic N) is 2. The average Bonchev–Trinajstić information content (AvgIpc) is 2.99. The van der Waals surface area contributed by atoms with Crippen LogP contribution in [0.4, 0.5) is 0 Å². The van der Waals surface area contributed by atoms with Crippen molar-refractivity contribution in [3.05, 3.63) is 35.9 Å². The molecule has 6 heteroatoms. The number of nitrogens with one attached hydrogen (secondary N) is 2. The average molecular weight is 446 g/mol. The predicted octanol–water partition coefficient (Wildman–Crippen LogP) is 1.89. The van der Waals surface area contributed by atoms with Crippen LogP contribution in [0, 0.1) is 5.92 Å². The molecular formula is C18H31IN4O. The van der Waals surface area contributed by atoms with Crippen molar-refractivity contribution in [1.29, 1.82) is 0 Å². The van der Waals surface area contributed by atoms with Gasteiger partial charge in [-0.05, 0) is 38.4 Å². The molecule has 0 radical (unpaired) electrons. The first-order chi connectivity index (χ1) is 11.2. The maximum Gasteiger partial charge on any atom is 0.191 e. The van der Waals surface area contributed by atoms with Gasteiger partial charge in [0.05, 0.1) is 13.2 Å². The van der Waals surface area contributed by atoms with Crippen LogP contribution in [0.1, 0.15) is 24.8 Å². The van der Waals surface area contributed by atoms with Crippen molar-refractivity contribution >= 4 is 29.9 Å². The minimum Gasteiger partial charge on any atom is -0.396 e. The first-order valence-corrected chi connectivity index (χ1v) is 8.59. The Morgan fingerprint density at radius 2 is 2.08 bits per heavy atom. The summed E-state index contributed by atoms with van der Waals surface area (Å²) in [6.07, 6.45) is 1.24. The molecule has 0 spiro atoms. The summed E-state index contributed by atoms with van der Waals surface area (Å²) < 4.78 is 0. The number of hydrogen-bond acceptors (Lipinski definition) is 3. The van der Waals surface area contributed by atoms with Crippen LogP contribution in [0.15, 0.2) is 35.3 Å². The molecule has 2 unspecified atom stereocenters. The van der Waals surface area contributed by atoms with Gasteiger partial charge in [0, 0.05) is 25.6 Å². The van der Waals surface area contributed by atoms with Gasteiger partial charge in [0.25, 0.3) is 0 Å². The van der Waals surface area contributed by atoms with E-state index in [2.05, 4.69) is 34.5 Å². The third kappa shape index (κ3) is 6.94. The molecule has 0 aliphatic carbocycles. The molecule has 24 heavy (non-hydrogen) atoms. The molecule has 1 heterocycles. The molecule has 0 saturated carbocycles. The van der Waals surface area contributed by atoms with Crippen LogP contribution in [0.3, 0.4) is 0 Å². The Kier molecular flexibility index (Phi) is 10.3. The fourth-order valence-electron chi connectivity index (χ4n) is 2.97. The van der Waals surface area contributed by atoms with E-state index < -0.39 is 0 Å². The molecule has 0 amide bonds. The van der Waals surface area contributed by atoms with E-state index in [0.29, 0.717) is 12.5 Å². The van der Waals surface area contributed by atoms with Crippen LogP contribution in [0.5, 0.6) is 0 Å². The Bertz CT molecular complexity index is 483. The molecule has 1 aromatic carbocycles. The van der Waals surface area contributed by atoms with Gasteiger partial charge in [-0.1, -0.05) is 30.3 Å². The van der Waals surface area contributed by atoms with E-state index in [1.54, 1.807) is 0 Å². The zero-order valence-electron chi connectivity index (χ0n) is 14.7. The number of aliphatic hydroxyl groups excluding tert-OH is 1. The standard InChI is InChI=1S/C18H30N4O.HI/c1-3-19-18(20-11-15-9-10-22(2)13-15)21-12-17(14-23)16-7-5-4-6-8-16;/h4-8,15,17,23H,3,9-14H2,1-2H3,(H2,19,20,21);1H. The third-order valence-corrected chi connectivity index (χ3v) is 4.35. The molecule has 5 nitrogen and oxygen atoms in total. The lowest BCUT2D eigenvalue weighted by molar-refractivity contribution is 0.268. The highest BCUT2D eigenvalue weighted by atomic mass is 127. The summed E-state index contributed by atoms with van der Waals surface area (Å²) in [5.74, 6) is 1.58. The number of likely N-dealkylation sites (tertiary alicyclic amines) is 1. The number of hydrogen-bond donors (Lipinski definition) is 3. The molecule has 1 fully saturated rings. The summed E-state index contributed by atoms with van der Waals surface area (Å²) in [6, 6.07) is 10.1. The number of aliphatic imine (C=N–C) groups is 1. The quantitative estimate of drug-likeness (QED) is 0.340. The Morgan fingerprint density at radius 3 is 2.67 bits per heavy atom.